The first-order chi connectivity index (χ1) is 7.35. The maximum Gasteiger partial charge on any atom is 0.0624 e. The van der Waals surface area contributed by atoms with Gasteiger partial charge in [-0.25, -0.2) is 0 Å². The van der Waals surface area contributed by atoms with Crippen molar-refractivity contribution in [2.24, 2.45) is 5.92 Å². The smallest absolute Gasteiger partial charge is 0.0624 e. The van der Waals surface area contributed by atoms with Crippen molar-refractivity contribution in [3.05, 3.63) is 0 Å². The van der Waals surface area contributed by atoms with Gasteiger partial charge in [0.15, 0.2) is 0 Å². The molecule has 0 aromatic carbocycles. The van der Waals surface area contributed by atoms with Crippen LogP contribution in [0.3, 0.4) is 0 Å². The van der Waals surface area contributed by atoms with E-state index in [4.69, 9.17) is 15.8 Å². The zero-order valence-electron chi connectivity index (χ0n) is 9.08. The van der Waals surface area contributed by atoms with Crippen molar-refractivity contribution in [2.45, 2.75) is 51.4 Å². The Morgan fingerprint density at radius 3 is 2.07 bits per heavy atom. The van der Waals surface area contributed by atoms with Gasteiger partial charge in [0.1, 0.15) is 0 Å². The van der Waals surface area contributed by atoms with Gasteiger partial charge in [-0.1, -0.05) is 12.8 Å². The Hall–Kier alpha value is -1.53. The van der Waals surface area contributed by atoms with Crippen molar-refractivity contribution in [1.82, 2.24) is 0 Å². The predicted octanol–water partition coefficient (Wildman–Crippen LogP) is 3.29. The van der Waals surface area contributed by atoms with Crippen LogP contribution in [0, 0.1) is 39.9 Å². The van der Waals surface area contributed by atoms with E-state index in [2.05, 4.69) is 18.2 Å². The number of unbranched alkanes of at least 4 members (excludes halogenated alkanes) is 3. The quantitative estimate of drug-likeness (QED) is 0.568. The number of rotatable bonds is 8. The topological polar surface area (TPSA) is 71.4 Å². The molecule has 0 aromatic heterocycles. The highest BCUT2D eigenvalue weighted by Gasteiger charge is 2.07. The van der Waals surface area contributed by atoms with E-state index in [0.29, 0.717) is 25.2 Å². The standard InChI is InChI=1S/C12H17N3/c13-9-4-2-1-3-6-12(8-11-15)7-5-10-14/h12H,1-8H2. The van der Waals surface area contributed by atoms with Crippen LogP contribution in [0.1, 0.15) is 51.4 Å². The summed E-state index contributed by atoms with van der Waals surface area (Å²) >= 11 is 0. The third-order valence-electron chi connectivity index (χ3n) is 2.45. The van der Waals surface area contributed by atoms with Crippen molar-refractivity contribution < 1.29 is 0 Å². The Kier molecular flexibility index (Phi) is 9.47. The van der Waals surface area contributed by atoms with E-state index < -0.39 is 0 Å². The van der Waals surface area contributed by atoms with Gasteiger partial charge in [-0.3, -0.25) is 0 Å². The van der Waals surface area contributed by atoms with E-state index in [1.54, 1.807) is 0 Å². The van der Waals surface area contributed by atoms with E-state index in [0.717, 1.165) is 32.1 Å². The summed E-state index contributed by atoms with van der Waals surface area (Å²) < 4.78 is 0. The van der Waals surface area contributed by atoms with E-state index in [9.17, 15) is 0 Å². The first-order valence-electron chi connectivity index (χ1n) is 5.46. The molecule has 0 aromatic rings. The minimum atomic E-state index is 0.372. The van der Waals surface area contributed by atoms with Gasteiger partial charge in [-0.05, 0) is 25.2 Å². The summed E-state index contributed by atoms with van der Waals surface area (Å²) in [5, 5.41) is 25.4. The van der Waals surface area contributed by atoms with E-state index in [1.807, 2.05) is 0 Å². The minimum Gasteiger partial charge on any atom is -0.198 e. The van der Waals surface area contributed by atoms with Gasteiger partial charge in [-0.15, -0.1) is 0 Å². The highest BCUT2D eigenvalue weighted by molar-refractivity contribution is 4.79. The van der Waals surface area contributed by atoms with Crippen LogP contribution in [0.2, 0.25) is 0 Å². The lowest BCUT2D eigenvalue weighted by molar-refractivity contribution is 0.439. The number of nitrogens with zero attached hydrogens (tertiary/aromatic N) is 3. The van der Waals surface area contributed by atoms with Crippen LogP contribution in [0.5, 0.6) is 0 Å². The molecule has 0 bridgehead atoms. The van der Waals surface area contributed by atoms with Gasteiger partial charge < -0.3 is 0 Å². The van der Waals surface area contributed by atoms with Crippen LogP contribution in [0.15, 0.2) is 0 Å². The number of hydrogen-bond acceptors (Lipinski definition) is 3. The molecule has 0 saturated carbocycles. The molecule has 15 heavy (non-hydrogen) atoms. The lowest BCUT2D eigenvalue weighted by Crippen LogP contribution is -1.99. The lowest BCUT2D eigenvalue weighted by atomic mass is 9.94. The molecule has 3 heteroatoms. The van der Waals surface area contributed by atoms with Gasteiger partial charge in [0.2, 0.25) is 0 Å². The Bertz CT molecular complexity index is 264. The van der Waals surface area contributed by atoms with Gasteiger partial charge in [-0.2, -0.15) is 15.8 Å². The highest BCUT2D eigenvalue weighted by Crippen LogP contribution is 2.18. The maximum absolute atomic E-state index is 8.60. The molecule has 0 aliphatic carbocycles. The SMILES string of the molecule is N#CCCCCCC(CC#N)CCC#N. The summed E-state index contributed by atoms with van der Waals surface area (Å²) in [5.41, 5.74) is 0. The third-order valence-corrected chi connectivity index (χ3v) is 2.45. The van der Waals surface area contributed by atoms with Gasteiger partial charge in [0.05, 0.1) is 18.2 Å². The molecule has 0 rings (SSSR count). The van der Waals surface area contributed by atoms with Crippen LogP contribution in [-0.4, -0.2) is 0 Å². The van der Waals surface area contributed by atoms with Crippen molar-refractivity contribution in [2.75, 3.05) is 0 Å². The second kappa shape index (κ2) is 10.6. The van der Waals surface area contributed by atoms with E-state index in [1.165, 1.54) is 0 Å². The molecule has 0 spiro atoms. The average Bonchev–Trinajstić information content (AvgIpc) is 2.25. The molecule has 0 aliphatic heterocycles. The van der Waals surface area contributed by atoms with Crippen LogP contribution < -0.4 is 0 Å². The first-order valence-corrected chi connectivity index (χ1v) is 5.46. The minimum absolute atomic E-state index is 0.372. The summed E-state index contributed by atoms with van der Waals surface area (Å²) in [6, 6.07) is 6.40. The fourth-order valence-corrected chi connectivity index (χ4v) is 1.56. The molecule has 0 aliphatic rings. The zero-order valence-corrected chi connectivity index (χ0v) is 9.08. The molecule has 0 heterocycles. The Morgan fingerprint density at radius 1 is 0.733 bits per heavy atom. The highest BCUT2D eigenvalue weighted by atomic mass is 14.3. The van der Waals surface area contributed by atoms with E-state index >= 15 is 0 Å². The van der Waals surface area contributed by atoms with Crippen LogP contribution in [0.4, 0.5) is 0 Å². The van der Waals surface area contributed by atoms with Crippen LogP contribution >= 0.6 is 0 Å². The molecular weight excluding hydrogens is 186 g/mol. The third kappa shape index (κ3) is 8.79. The number of nitriles is 3. The second-order valence-electron chi connectivity index (χ2n) is 3.68. The van der Waals surface area contributed by atoms with Crippen LogP contribution in [-0.2, 0) is 0 Å². The molecule has 1 atom stereocenters. The second-order valence-corrected chi connectivity index (χ2v) is 3.68. The molecular formula is C12H17N3. The largest absolute Gasteiger partial charge is 0.198 e. The Labute approximate surface area is 91.9 Å². The summed E-state index contributed by atoms with van der Waals surface area (Å²) in [4.78, 5) is 0. The monoisotopic (exact) mass is 203 g/mol. The van der Waals surface area contributed by atoms with Crippen molar-refractivity contribution in [1.29, 1.82) is 15.8 Å². The summed E-state index contributed by atoms with van der Waals surface area (Å²) in [6.45, 7) is 0. The molecule has 0 N–H and O–H groups in total. The average molecular weight is 203 g/mol. The van der Waals surface area contributed by atoms with Gasteiger partial charge in [0.25, 0.3) is 0 Å². The molecule has 3 nitrogen and oxygen atoms in total. The van der Waals surface area contributed by atoms with Crippen molar-refractivity contribution >= 4 is 0 Å². The lowest BCUT2D eigenvalue weighted by Gasteiger charge is -2.10. The summed E-state index contributed by atoms with van der Waals surface area (Å²) in [7, 11) is 0. The van der Waals surface area contributed by atoms with Gasteiger partial charge >= 0.3 is 0 Å². The van der Waals surface area contributed by atoms with Crippen LogP contribution in [0.25, 0.3) is 0 Å². The fourth-order valence-electron chi connectivity index (χ4n) is 1.56. The predicted molar refractivity (Wildman–Crippen MR) is 57.3 cm³/mol. The number of hydrogen-bond donors (Lipinski definition) is 0. The fraction of sp³-hybridized carbons (Fsp3) is 0.750. The normalized spacial score (nSPS) is 11.0. The Morgan fingerprint density at radius 2 is 1.47 bits per heavy atom. The maximum atomic E-state index is 8.60. The molecule has 0 amide bonds. The van der Waals surface area contributed by atoms with Crippen molar-refractivity contribution in [3.63, 3.8) is 0 Å². The van der Waals surface area contributed by atoms with Crippen molar-refractivity contribution in [3.8, 4) is 18.2 Å². The van der Waals surface area contributed by atoms with Gasteiger partial charge in [0, 0.05) is 19.3 Å². The molecule has 0 radical (unpaired) electrons. The summed E-state index contributed by atoms with van der Waals surface area (Å²) in [6.07, 6.45) is 6.66. The van der Waals surface area contributed by atoms with E-state index in [-0.39, 0.29) is 0 Å². The molecule has 0 saturated heterocycles. The Balaban J connectivity index is 3.54. The molecule has 0 fully saturated rings. The molecule has 1 unspecified atom stereocenters. The summed E-state index contributed by atoms with van der Waals surface area (Å²) in [5.74, 6) is 0.372. The first kappa shape index (κ1) is 13.5. The molecule has 80 valence electrons. The zero-order chi connectivity index (χ0) is 11.4.